The monoisotopic (exact) mass is 257 g/mol. The van der Waals surface area contributed by atoms with Gasteiger partial charge in [0.25, 0.3) is 5.91 Å². The lowest BCUT2D eigenvalue weighted by Crippen LogP contribution is -2.26. The molecular formula is C15H15NO3. The van der Waals surface area contributed by atoms with Crippen molar-refractivity contribution in [3.63, 3.8) is 0 Å². The van der Waals surface area contributed by atoms with Crippen LogP contribution in [0.1, 0.15) is 10.4 Å². The lowest BCUT2D eigenvalue weighted by atomic mass is 10.2. The number of carbonyl (C=O) groups is 1. The quantitative estimate of drug-likeness (QED) is 0.919. The van der Waals surface area contributed by atoms with Crippen molar-refractivity contribution in [2.45, 2.75) is 0 Å². The first-order chi connectivity index (χ1) is 9.11. The fraction of sp³-hybridized carbons (Fsp3) is 0.133. The van der Waals surface area contributed by atoms with Gasteiger partial charge in [0.2, 0.25) is 0 Å². The average Bonchev–Trinajstić information content (AvgIpc) is 2.46. The van der Waals surface area contributed by atoms with Gasteiger partial charge in [0, 0.05) is 24.4 Å². The molecule has 0 atom stereocenters. The predicted octanol–water partition coefficient (Wildman–Crippen LogP) is 2.68. The smallest absolute Gasteiger partial charge is 0.258 e. The van der Waals surface area contributed by atoms with Gasteiger partial charge in [-0.3, -0.25) is 4.79 Å². The Bertz CT molecular complexity index is 578. The molecule has 19 heavy (non-hydrogen) atoms. The molecule has 0 aliphatic carbocycles. The van der Waals surface area contributed by atoms with E-state index in [0.717, 1.165) is 5.69 Å². The minimum Gasteiger partial charge on any atom is -0.508 e. The lowest BCUT2D eigenvalue weighted by Gasteiger charge is -2.18. The maximum Gasteiger partial charge on any atom is 0.258 e. The van der Waals surface area contributed by atoms with Gasteiger partial charge in [-0.15, -0.1) is 0 Å². The number of methoxy groups -OCH3 is 1. The van der Waals surface area contributed by atoms with E-state index >= 15 is 0 Å². The third-order valence-corrected chi connectivity index (χ3v) is 2.86. The van der Waals surface area contributed by atoms with E-state index < -0.39 is 0 Å². The second kappa shape index (κ2) is 5.44. The minimum absolute atomic E-state index is 0.139. The fourth-order valence-corrected chi connectivity index (χ4v) is 1.73. The zero-order valence-electron chi connectivity index (χ0n) is 10.8. The highest BCUT2D eigenvalue weighted by atomic mass is 16.5. The van der Waals surface area contributed by atoms with E-state index in [-0.39, 0.29) is 11.7 Å². The third-order valence-electron chi connectivity index (χ3n) is 2.86. The molecule has 0 aliphatic rings. The molecule has 0 saturated heterocycles. The highest BCUT2D eigenvalue weighted by Crippen LogP contribution is 2.21. The number of carbonyl (C=O) groups excluding carboxylic acids is 1. The Hall–Kier alpha value is -2.49. The topological polar surface area (TPSA) is 49.8 Å². The van der Waals surface area contributed by atoms with Crippen LogP contribution in [0.4, 0.5) is 5.69 Å². The van der Waals surface area contributed by atoms with Crippen LogP contribution in [0.5, 0.6) is 11.5 Å². The summed E-state index contributed by atoms with van der Waals surface area (Å²) in [5, 5.41) is 9.22. The number of nitrogens with zero attached hydrogens (tertiary/aromatic N) is 1. The van der Waals surface area contributed by atoms with E-state index in [1.165, 1.54) is 17.0 Å². The van der Waals surface area contributed by atoms with E-state index in [9.17, 15) is 9.90 Å². The Kier molecular flexibility index (Phi) is 3.71. The zero-order chi connectivity index (χ0) is 13.8. The van der Waals surface area contributed by atoms with Crippen molar-refractivity contribution in [1.82, 2.24) is 0 Å². The molecule has 0 spiro atoms. The summed E-state index contributed by atoms with van der Waals surface area (Å²) in [4.78, 5) is 13.8. The van der Waals surface area contributed by atoms with Crippen LogP contribution in [0.2, 0.25) is 0 Å². The summed E-state index contributed by atoms with van der Waals surface area (Å²) in [6.07, 6.45) is 0. The number of rotatable bonds is 3. The van der Waals surface area contributed by atoms with Crippen molar-refractivity contribution in [1.29, 1.82) is 0 Å². The van der Waals surface area contributed by atoms with E-state index in [0.29, 0.717) is 11.3 Å². The standard InChI is InChI=1S/C15H15NO3/c1-16(12-4-3-5-14(10-12)19-2)15(18)11-6-8-13(17)9-7-11/h3-10,17H,1-2H3. The number of benzene rings is 2. The molecule has 1 amide bonds. The maximum absolute atomic E-state index is 12.3. The summed E-state index contributed by atoms with van der Waals surface area (Å²) >= 11 is 0. The molecule has 0 radical (unpaired) electrons. The molecule has 1 N–H and O–H groups in total. The highest BCUT2D eigenvalue weighted by Gasteiger charge is 2.13. The van der Waals surface area contributed by atoms with Crippen molar-refractivity contribution in [3.8, 4) is 11.5 Å². The molecule has 4 nitrogen and oxygen atoms in total. The zero-order valence-corrected chi connectivity index (χ0v) is 10.8. The normalized spacial score (nSPS) is 10.0. The summed E-state index contributed by atoms with van der Waals surface area (Å²) in [6.45, 7) is 0. The highest BCUT2D eigenvalue weighted by molar-refractivity contribution is 6.05. The van der Waals surface area contributed by atoms with Crippen molar-refractivity contribution < 1.29 is 14.6 Å². The van der Waals surface area contributed by atoms with Crippen LogP contribution in [0.25, 0.3) is 0 Å². The Balaban J connectivity index is 2.25. The van der Waals surface area contributed by atoms with Gasteiger partial charge in [0.1, 0.15) is 11.5 Å². The van der Waals surface area contributed by atoms with Gasteiger partial charge in [-0.25, -0.2) is 0 Å². The predicted molar refractivity (Wildman–Crippen MR) is 73.8 cm³/mol. The largest absolute Gasteiger partial charge is 0.508 e. The van der Waals surface area contributed by atoms with Gasteiger partial charge in [-0.1, -0.05) is 6.07 Å². The molecule has 2 rings (SSSR count). The second-order valence-corrected chi connectivity index (χ2v) is 4.11. The number of hydrogen-bond donors (Lipinski definition) is 1. The number of phenolic OH excluding ortho intramolecular Hbond substituents is 1. The Morgan fingerprint density at radius 1 is 1.16 bits per heavy atom. The number of amides is 1. The first kappa shape index (κ1) is 13.0. The van der Waals surface area contributed by atoms with E-state index in [2.05, 4.69) is 0 Å². The maximum atomic E-state index is 12.3. The molecule has 0 heterocycles. The van der Waals surface area contributed by atoms with E-state index in [1.54, 1.807) is 32.4 Å². The third kappa shape index (κ3) is 2.85. The Labute approximate surface area is 111 Å². The molecule has 0 aromatic heterocycles. The number of ether oxygens (including phenoxy) is 1. The number of hydrogen-bond acceptors (Lipinski definition) is 3. The van der Waals surface area contributed by atoms with Crippen LogP contribution in [0.15, 0.2) is 48.5 Å². The van der Waals surface area contributed by atoms with Crippen LogP contribution < -0.4 is 9.64 Å². The van der Waals surface area contributed by atoms with Gasteiger partial charge < -0.3 is 14.7 Å². The molecular weight excluding hydrogens is 242 g/mol. The summed E-state index contributed by atoms with van der Waals surface area (Å²) in [7, 11) is 3.28. The van der Waals surface area contributed by atoms with Crippen LogP contribution in [0.3, 0.4) is 0 Å². The molecule has 0 bridgehead atoms. The van der Waals surface area contributed by atoms with Gasteiger partial charge in [0.05, 0.1) is 7.11 Å². The van der Waals surface area contributed by atoms with Gasteiger partial charge in [-0.05, 0) is 36.4 Å². The molecule has 0 saturated carbocycles. The summed E-state index contributed by atoms with van der Waals surface area (Å²) in [5.74, 6) is 0.691. The molecule has 0 fully saturated rings. The number of phenols is 1. The first-order valence-corrected chi connectivity index (χ1v) is 5.83. The molecule has 2 aromatic carbocycles. The van der Waals surface area contributed by atoms with E-state index in [1.807, 2.05) is 18.2 Å². The van der Waals surface area contributed by atoms with E-state index in [4.69, 9.17) is 4.74 Å². The summed E-state index contributed by atoms with van der Waals surface area (Å²) in [5.41, 5.74) is 1.26. The van der Waals surface area contributed by atoms with Crippen molar-refractivity contribution >= 4 is 11.6 Å². The molecule has 4 heteroatoms. The van der Waals surface area contributed by atoms with Crippen molar-refractivity contribution in [2.24, 2.45) is 0 Å². The van der Waals surface area contributed by atoms with Crippen LogP contribution in [-0.4, -0.2) is 25.2 Å². The van der Waals surface area contributed by atoms with Crippen LogP contribution in [0, 0.1) is 0 Å². The average molecular weight is 257 g/mol. The Morgan fingerprint density at radius 2 is 1.84 bits per heavy atom. The number of aromatic hydroxyl groups is 1. The Morgan fingerprint density at radius 3 is 2.47 bits per heavy atom. The molecule has 0 aliphatic heterocycles. The lowest BCUT2D eigenvalue weighted by molar-refractivity contribution is 0.0993. The molecule has 2 aromatic rings. The molecule has 0 unspecified atom stereocenters. The minimum atomic E-state index is -0.145. The van der Waals surface area contributed by atoms with Gasteiger partial charge in [0.15, 0.2) is 0 Å². The van der Waals surface area contributed by atoms with Gasteiger partial charge in [-0.2, -0.15) is 0 Å². The molecule has 98 valence electrons. The second-order valence-electron chi connectivity index (χ2n) is 4.11. The van der Waals surface area contributed by atoms with Crippen molar-refractivity contribution in [2.75, 3.05) is 19.1 Å². The van der Waals surface area contributed by atoms with Gasteiger partial charge >= 0.3 is 0 Å². The first-order valence-electron chi connectivity index (χ1n) is 5.83. The van der Waals surface area contributed by atoms with Crippen LogP contribution >= 0.6 is 0 Å². The summed E-state index contributed by atoms with van der Waals surface area (Å²) in [6, 6.07) is 13.4. The number of anilines is 1. The summed E-state index contributed by atoms with van der Waals surface area (Å²) < 4.78 is 5.14. The fourth-order valence-electron chi connectivity index (χ4n) is 1.73. The van der Waals surface area contributed by atoms with Crippen LogP contribution in [-0.2, 0) is 0 Å². The SMILES string of the molecule is COc1cccc(N(C)C(=O)c2ccc(O)cc2)c1. The van der Waals surface area contributed by atoms with Crippen molar-refractivity contribution in [3.05, 3.63) is 54.1 Å².